The van der Waals surface area contributed by atoms with Crippen LogP contribution >= 0.6 is 0 Å². The molecular formula is C12H27N3O2S. The molecule has 5 nitrogen and oxygen atoms in total. The molecule has 0 bridgehead atoms. The van der Waals surface area contributed by atoms with Crippen molar-refractivity contribution in [3.63, 3.8) is 0 Å². The lowest BCUT2D eigenvalue weighted by molar-refractivity contribution is 0.244. The summed E-state index contributed by atoms with van der Waals surface area (Å²) in [5, 5.41) is 0. The third kappa shape index (κ3) is 5.65. The molecule has 1 rings (SSSR count). The second-order valence-electron chi connectivity index (χ2n) is 5.63. The van der Waals surface area contributed by atoms with Crippen LogP contribution in [-0.4, -0.2) is 28.1 Å². The molecule has 0 aromatic rings. The molecule has 108 valence electrons. The van der Waals surface area contributed by atoms with Crippen molar-refractivity contribution >= 4 is 10.2 Å². The van der Waals surface area contributed by atoms with E-state index in [9.17, 15) is 8.42 Å². The predicted molar refractivity (Wildman–Crippen MR) is 74.3 cm³/mol. The smallest absolute Gasteiger partial charge is 0.276 e. The highest BCUT2D eigenvalue weighted by Crippen LogP contribution is 2.28. The topological polar surface area (TPSA) is 84.2 Å². The quantitative estimate of drug-likeness (QED) is 0.644. The van der Waals surface area contributed by atoms with E-state index in [0.717, 1.165) is 12.8 Å². The van der Waals surface area contributed by atoms with Crippen LogP contribution in [-0.2, 0) is 10.2 Å². The fraction of sp³-hybridized carbons (Fsp3) is 1.00. The van der Waals surface area contributed by atoms with Crippen molar-refractivity contribution in [1.29, 1.82) is 0 Å². The Balaban J connectivity index is 2.38. The molecule has 1 saturated carbocycles. The average molecular weight is 277 g/mol. The Morgan fingerprint density at radius 3 is 2.33 bits per heavy atom. The molecule has 1 aliphatic rings. The van der Waals surface area contributed by atoms with Crippen LogP contribution in [0.2, 0.25) is 0 Å². The molecule has 0 radical (unpaired) electrons. The SMILES string of the molecule is CC(C)CNS(=O)(=O)NCC1CCCCC1CN. The van der Waals surface area contributed by atoms with Gasteiger partial charge in [-0.15, -0.1) is 0 Å². The number of nitrogens with one attached hydrogen (secondary N) is 2. The van der Waals surface area contributed by atoms with Gasteiger partial charge >= 0.3 is 0 Å². The van der Waals surface area contributed by atoms with Crippen LogP contribution in [0.1, 0.15) is 39.5 Å². The van der Waals surface area contributed by atoms with Crippen molar-refractivity contribution in [2.24, 2.45) is 23.5 Å². The van der Waals surface area contributed by atoms with Gasteiger partial charge < -0.3 is 5.73 Å². The Morgan fingerprint density at radius 1 is 1.17 bits per heavy atom. The molecule has 0 saturated heterocycles. The van der Waals surface area contributed by atoms with E-state index in [2.05, 4.69) is 9.44 Å². The van der Waals surface area contributed by atoms with Crippen LogP contribution in [0.4, 0.5) is 0 Å². The first-order valence-corrected chi connectivity index (χ1v) is 8.37. The Hall–Kier alpha value is -0.170. The monoisotopic (exact) mass is 277 g/mol. The van der Waals surface area contributed by atoms with Crippen molar-refractivity contribution in [3.8, 4) is 0 Å². The largest absolute Gasteiger partial charge is 0.330 e. The van der Waals surface area contributed by atoms with E-state index >= 15 is 0 Å². The van der Waals surface area contributed by atoms with Crippen molar-refractivity contribution in [2.45, 2.75) is 39.5 Å². The second kappa shape index (κ2) is 7.43. The zero-order valence-corrected chi connectivity index (χ0v) is 12.3. The van der Waals surface area contributed by atoms with Gasteiger partial charge in [-0.25, -0.2) is 9.44 Å². The lowest BCUT2D eigenvalue weighted by atomic mass is 9.79. The van der Waals surface area contributed by atoms with Gasteiger partial charge in [0.15, 0.2) is 0 Å². The first-order valence-electron chi connectivity index (χ1n) is 6.89. The van der Waals surface area contributed by atoms with Gasteiger partial charge in [-0.1, -0.05) is 26.7 Å². The number of hydrogen-bond acceptors (Lipinski definition) is 3. The van der Waals surface area contributed by atoms with Gasteiger partial charge in [-0.2, -0.15) is 8.42 Å². The third-order valence-corrected chi connectivity index (χ3v) is 4.68. The highest BCUT2D eigenvalue weighted by atomic mass is 32.2. The minimum absolute atomic E-state index is 0.313. The van der Waals surface area contributed by atoms with Gasteiger partial charge in [0.25, 0.3) is 10.2 Å². The summed E-state index contributed by atoms with van der Waals surface area (Å²) in [5.41, 5.74) is 5.74. The van der Waals surface area contributed by atoms with Gasteiger partial charge in [0.2, 0.25) is 0 Å². The standard InChI is InChI=1S/C12H27N3O2S/c1-10(2)8-14-18(16,17)15-9-12-6-4-3-5-11(12)7-13/h10-12,14-15H,3-9,13H2,1-2H3. The van der Waals surface area contributed by atoms with Crippen molar-refractivity contribution < 1.29 is 8.42 Å². The summed E-state index contributed by atoms with van der Waals surface area (Å²) in [6.45, 7) is 5.60. The number of rotatable bonds is 7. The summed E-state index contributed by atoms with van der Waals surface area (Å²) in [4.78, 5) is 0. The van der Waals surface area contributed by atoms with Crippen molar-refractivity contribution in [1.82, 2.24) is 9.44 Å². The summed E-state index contributed by atoms with van der Waals surface area (Å²) < 4.78 is 28.7. The molecule has 0 aliphatic heterocycles. The van der Waals surface area contributed by atoms with Gasteiger partial charge in [0.05, 0.1) is 0 Å². The Labute approximate surface area is 111 Å². The molecule has 18 heavy (non-hydrogen) atoms. The first-order chi connectivity index (χ1) is 8.44. The van der Waals surface area contributed by atoms with E-state index in [1.807, 2.05) is 13.8 Å². The van der Waals surface area contributed by atoms with Crippen LogP contribution in [0.3, 0.4) is 0 Å². The zero-order valence-electron chi connectivity index (χ0n) is 11.5. The fourth-order valence-corrected chi connectivity index (χ4v) is 3.50. The van der Waals surface area contributed by atoms with E-state index in [4.69, 9.17) is 5.73 Å². The van der Waals surface area contributed by atoms with Gasteiger partial charge in [-0.05, 0) is 37.1 Å². The van der Waals surface area contributed by atoms with Crippen LogP contribution < -0.4 is 15.2 Å². The molecule has 0 aromatic heterocycles. The molecule has 6 heteroatoms. The normalized spacial score (nSPS) is 25.6. The van der Waals surface area contributed by atoms with Crippen LogP contribution in [0.25, 0.3) is 0 Å². The number of hydrogen-bond donors (Lipinski definition) is 3. The Kier molecular flexibility index (Phi) is 6.55. The lowest BCUT2D eigenvalue weighted by Gasteiger charge is -2.30. The molecule has 0 heterocycles. The van der Waals surface area contributed by atoms with Crippen LogP contribution in [0.5, 0.6) is 0 Å². The number of nitrogens with two attached hydrogens (primary N) is 1. The molecule has 1 aliphatic carbocycles. The van der Waals surface area contributed by atoms with E-state index < -0.39 is 10.2 Å². The van der Waals surface area contributed by atoms with Crippen LogP contribution in [0.15, 0.2) is 0 Å². The molecule has 1 fully saturated rings. The second-order valence-corrected chi connectivity index (χ2v) is 7.22. The van der Waals surface area contributed by atoms with Crippen molar-refractivity contribution in [3.05, 3.63) is 0 Å². The Bertz CT molecular complexity index is 330. The third-order valence-electron chi connectivity index (χ3n) is 3.59. The molecule has 0 amide bonds. The van der Waals surface area contributed by atoms with Crippen LogP contribution in [0, 0.1) is 17.8 Å². The predicted octanol–water partition coefficient (Wildman–Crippen LogP) is 0.832. The van der Waals surface area contributed by atoms with Gasteiger partial charge in [0.1, 0.15) is 0 Å². The summed E-state index contributed by atoms with van der Waals surface area (Å²) >= 11 is 0. The molecule has 4 N–H and O–H groups in total. The summed E-state index contributed by atoms with van der Waals surface area (Å²) in [6, 6.07) is 0. The summed E-state index contributed by atoms with van der Waals surface area (Å²) in [7, 11) is -3.35. The highest BCUT2D eigenvalue weighted by molar-refractivity contribution is 7.87. The molecule has 0 spiro atoms. The minimum Gasteiger partial charge on any atom is -0.330 e. The van der Waals surface area contributed by atoms with Gasteiger partial charge in [0, 0.05) is 13.1 Å². The van der Waals surface area contributed by atoms with E-state index in [-0.39, 0.29) is 0 Å². The molecule has 2 atom stereocenters. The molecular weight excluding hydrogens is 250 g/mol. The van der Waals surface area contributed by atoms with Crippen molar-refractivity contribution in [2.75, 3.05) is 19.6 Å². The average Bonchev–Trinajstić information content (AvgIpc) is 2.34. The molecule has 2 unspecified atom stereocenters. The first kappa shape index (κ1) is 15.9. The maximum atomic E-state index is 11.7. The van der Waals surface area contributed by atoms with E-state index in [1.54, 1.807) is 0 Å². The van der Waals surface area contributed by atoms with E-state index in [0.29, 0.717) is 37.4 Å². The molecule has 0 aromatic carbocycles. The zero-order chi connectivity index (χ0) is 13.6. The summed E-state index contributed by atoms with van der Waals surface area (Å²) in [5.74, 6) is 1.17. The van der Waals surface area contributed by atoms with E-state index in [1.165, 1.54) is 12.8 Å². The summed E-state index contributed by atoms with van der Waals surface area (Å²) in [6.07, 6.45) is 4.61. The maximum Gasteiger partial charge on any atom is 0.276 e. The van der Waals surface area contributed by atoms with Gasteiger partial charge in [-0.3, -0.25) is 0 Å². The highest BCUT2D eigenvalue weighted by Gasteiger charge is 2.25. The fourth-order valence-electron chi connectivity index (χ4n) is 2.41. The Morgan fingerprint density at radius 2 is 1.78 bits per heavy atom. The maximum absolute atomic E-state index is 11.7. The minimum atomic E-state index is -3.35. The lowest BCUT2D eigenvalue weighted by Crippen LogP contribution is -2.43.